The Morgan fingerprint density at radius 2 is 1.68 bits per heavy atom. The Bertz CT molecular complexity index is 1010. The molecule has 1 heterocycles. The van der Waals surface area contributed by atoms with E-state index in [0.717, 1.165) is 0 Å². The highest BCUT2D eigenvalue weighted by Crippen LogP contribution is 2.14. The van der Waals surface area contributed by atoms with Crippen LogP contribution < -0.4 is 10.6 Å². The molecule has 0 bridgehead atoms. The van der Waals surface area contributed by atoms with E-state index in [1.807, 2.05) is 6.07 Å². The number of carbonyl (C=O) groups excluding carboxylic acids is 2. The number of nitrogens with zero attached hydrogens (tertiary/aromatic N) is 1. The molecule has 140 valence electrons. The lowest BCUT2D eigenvalue weighted by molar-refractivity contribution is -0.384. The topological polar surface area (TPSA) is 114 Å². The fraction of sp³-hybridized carbons (Fsp3) is 0. The molecule has 0 fully saturated rings. The Morgan fingerprint density at radius 1 is 0.964 bits per heavy atom. The van der Waals surface area contributed by atoms with Crippen LogP contribution in [0.4, 0.5) is 11.4 Å². The summed E-state index contributed by atoms with van der Waals surface area (Å²) in [5, 5.41) is 15.9. The number of hydrogen-bond acceptors (Lipinski definition) is 5. The number of nitro benzene ring substituents is 1. The van der Waals surface area contributed by atoms with E-state index in [1.165, 1.54) is 36.6 Å². The maximum atomic E-state index is 12.6. The standard InChI is InChI=1S/C20H15N3O5/c24-19(14-8-10-16(11-9-14)23(26)27)22-18(13-17-7-4-12-28-17)20(25)21-15-5-2-1-3-6-15/h1-13H,(H,21,25)(H,22,24)/b18-13+. The summed E-state index contributed by atoms with van der Waals surface area (Å²) in [4.78, 5) is 35.3. The van der Waals surface area contributed by atoms with Gasteiger partial charge in [0.2, 0.25) is 0 Å². The maximum Gasteiger partial charge on any atom is 0.272 e. The normalized spacial score (nSPS) is 10.9. The van der Waals surface area contributed by atoms with E-state index in [2.05, 4.69) is 10.6 Å². The van der Waals surface area contributed by atoms with Gasteiger partial charge in [-0.15, -0.1) is 0 Å². The van der Waals surface area contributed by atoms with Crippen LogP contribution in [-0.4, -0.2) is 16.7 Å². The molecule has 0 radical (unpaired) electrons. The van der Waals surface area contributed by atoms with Crippen LogP contribution in [0.15, 0.2) is 83.1 Å². The number of furan rings is 1. The zero-order chi connectivity index (χ0) is 19.9. The SMILES string of the molecule is O=C(Nc1ccccc1)/C(=C\c1ccco1)NC(=O)c1ccc([N+](=O)[O-])cc1. The molecule has 2 amide bonds. The first-order valence-corrected chi connectivity index (χ1v) is 8.20. The minimum absolute atomic E-state index is 0.0397. The van der Waals surface area contributed by atoms with Crippen LogP contribution in [0.2, 0.25) is 0 Å². The number of nitrogens with one attached hydrogen (secondary N) is 2. The summed E-state index contributed by atoms with van der Waals surface area (Å²) in [6.07, 6.45) is 2.83. The van der Waals surface area contributed by atoms with E-state index >= 15 is 0 Å². The second kappa shape index (κ2) is 8.45. The average Bonchev–Trinajstić information content (AvgIpc) is 3.21. The minimum Gasteiger partial charge on any atom is -0.465 e. The zero-order valence-electron chi connectivity index (χ0n) is 14.5. The van der Waals surface area contributed by atoms with Gasteiger partial charge < -0.3 is 15.1 Å². The first-order valence-electron chi connectivity index (χ1n) is 8.20. The molecule has 0 unspecified atom stereocenters. The minimum atomic E-state index is -0.587. The van der Waals surface area contributed by atoms with Crippen molar-refractivity contribution in [3.8, 4) is 0 Å². The van der Waals surface area contributed by atoms with Crippen molar-refractivity contribution in [1.29, 1.82) is 0 Å². The van der Waals surface area contributed by atoms with Gasteiger partial charge >= 0.3 is 0 Å². The molecule has 0 spiro atoms. The number of carbonyl (C=O) groups is 2. The molecule has 3 aromatic rings. The van der Waals surface area contributed by atoms with Crippen molar-refractivity contribution < 1.29 is 18.9 Å². The molecule has 0 saturated heterocycles. The highest BCUT2D eigenvalue weighted by Gasteiger charge is 2.16. The molecular formula is C20H15N3O5. The van der Waals surface area contributed by atoms with Gasteiger partial charge in [0.25, 0.3) is 17.5 Å². The van der Waals surface area contributed by atoms with Crippen molar-refractivity contribution in [3.63, 3.8) is 0 Å². The molecular weight excluding hydrogens is 362 g/mol. The van der Waals surface area contributed by atoms with E-state index in [1.54, 1.807) is 36.4 Å². The number of non-ortho nitro benzene ring substituents is 1. The predicted molar refractivity (Wildman–Crippen MR) is 102 cm³/mol. The smallest absolute Gasteiger partial charge is 0.272 e. The summed E-state index contributed by atoms with van der Waals surface area (Å²) in [5.41, 5.74) is 0.553. The molecule has 0 aliphatic heterocycles. The van der Waals surface area contributed by atoms with E-state index in [4.69, 9.17) is 4.42 Å². The fourth-order valence-corrected chi connectivity index (χ4v) is 2.32. The van der Waals surface area contributed by atoms with Crippen molar-refractivity contribution in [1.82, 2.24) is 5.32 Å². The third kappa shape index (κ3) is 4.70. The summed E-state index contributed by atoms with van der Waals surface area (Å²) in [6, 6.07) is 17.1. The van der Waals surface area contributed by atoms with Gasteiger partial charge in [0.15, 0.2) is 0 Å². The molecule has 1 aromatic heterocycles. The van der Waals surface area contributed by atoms with E-state index in [9.17, 15) is 19.7 Å². The highest BCUT2D eigenvalue weighted by molar-refractivity contribution is 6.10. The van der Waals surface area contributed by atoms with Crippen molar-refractivity contribution >= 4 is 29.3 Å². The lowest BCUT2D eigenvalue weighted by Crippen LogP contribution is -2.30. The number of hydrogen-bond donors (Lipinski definition) is 2. The Balaban J connectivity index is 1.81. The lowest BCUT2D eigenvalue weighted by Gasteiger charge is -2.10. The molecule has 28 heavy (non-hydrogen) atoms. The van der Waals surface area contributed by atoms with Crippen LogP contribution in [-0.2, 0) is 4.79 Å². The molecule has 2 aromatic carbocycles. The molecule has 8 nitrogen and oxygen atoms in total. The van der Waals surface area contributed by atoms with Gasteiger partial charge in [-0.1, -0.05) is 18.2 Å². The quantitative estimate of drug-likeness (QED) is 0.387. The predicted octanol–water partition coefficient (Wildman–Crippen LogP) is 3.60. The van der Waals surface area contributed by atoms with Crippen LogP contribution in [0.25, 0.3) is 6.08 Å². The summed E-state index contributed by atoms with van der Waals surface area (Å²) >= 11 is 0. The van der Waals surface area contributed by atoms with Gasteiger partial charge in [0, 0.05) is 29.5 Å². The van der Waals surface area contributed by atoms with Crippen molar-refractivity contribution in [3.05, 3.63) is 100 Å². The van der Waals surface area contributed by atoms with Gasteiger partial charge in [0.05, 0.1) is 11.2 Å². The molecule has 3 rings (SSSR count). The Labute approximate surface area is 159 Å². The zero-order valence-corrected chi connectivity index (χ0v) is 14.5. The molecule has 8 heteroatoms. The number of anilines is 1. The van der Waals surface area contributed by atoms with Crippen LogP contribution >= 0.6 is 0 Å². The molecule has 0 aliphatic rings. The largest absolute Gasteiger partial charge is 0.465 e. The number of benzene rings is 2. The van der Waals surface area contributed by atoms with Crippen LogP contribution in [0.3, 0.4) is 0 Å². The Kier molecular flexibility index (Phi) is 5.61. The first kappa shape index (κ1) is 18.6. The second-order valence-corrected chi connectivity index (χ2v) is 5.65. The van der Waals surface area contributed by atoms with Crippen molar-refractivity contribution in [2.75, 3.05) is 5.32 Å². The maximum absolute atomic E-state index is 12.6. The summed E-state index contributed by atoms with van der Waals surface area (Å²) < 4.78 is 5.21. The third-order valence-electron chi connectivity index (χ3n) is 3.69. The van der Waals surface area contributed by atoms with Crippen molar-refractivity contribution in [2.45, 2.75) is 0 Å². The molecule has 2 N–H and O–H groups in total. The number of rotatable bonds is 6. The van der Waals surface area contributed by atoms with Crippen LogP contribution in [0.1, 0.15) is 16.1 Å². The fourth-order valence-electron chi connectivity index (χ4n) is 2.32. The molecule has 0 atom stereocenters. The lowest BCUT2D eigenvalue weighted by atomic mass is 10.2. The molecule has 0 saturated carbocycles. The summed E-state index contributed by atoms with van der Waals surface area (Å²) in [5.74, 6) is -0.754. The summed E-state index contributed by atoms with van der Waals surface area (Å²) in [7, 11) is 0. The average molecular weight is 377 g/mol. The molecule has 0 aliphatic carbocycles. The van der Waals surface area contributed by atoms with Gasteiger partial charge in [-0.25, -0.2) is 0 Å². The highest BCUT2D eigenvalue weighted by atomic mass is 16.6. The van der Waals surface area contributed by atoms with E-state index < -0.39 is 16.7 Å². The van der Waals surface area contributed by atoms with Gasteiger partial charge in [-0.05, 0) is 36.4 Å². The Morgan fingerprint density at radius 3 is 2.29 bits per heavy atom. The van der Waals surface area contributed by atoms with Crippen molar-refractivity contribution in [2.24, 2.45) is 0 Å². The van der Waals surface area contributed by atoms with E-state index in [0.29, 0.717) is 11.4 Å². The first-order chi connectivity index (χ1) is 13.5. The third-order valence-corrected chi connectivity index (χ3v) is 3.69. The van der Waals surface area contributed by atoms with Crippen LogP contribution in [0, 0.1) is 10.1 Å². The second-order valence-electron chi connectivity index (χ2n) is 5.65. The van der Waals surface area contributed by atoms with Gasteiger partial charge in [0.1, 0.15) is 11.5 Å². The number of amides is 2. The van der Waals surface area contributed by atoms with Gasteiger partial charge in [-0.3, -0.25) is 19.7 Å². The number of nitro groups is 1. The Hall–Kier alpha value is -4.20. The number of para-hydroxylation sites is 1. The van der Waals surface area contributed by atoms with E-state index in [-0.39, 0.29) is 16.9 Å². The van der Waals surface area contributed by atoms with Gasteiger partial charge in [-0.2, -0.15) is 0 Å². The van der Waals surface area contributed by atoms with Crippen LogP contribution in [0.5, 0.6) is 0 Å². The monoisotopic (exact) mass is 377 g/mol. The summed E-state index contributed by atoms with van der Waals surface area (Å²) in [6.45, 7) is 0.